The summed E-state index contributed by atoms with van der Waals surface area (Å²) >= 11 is 0. The molecule has 0 spiro atoms. The molecule has 1 amide bonds. The third-order valence-electron chi connectivity index (χ3n) is 3.17. The number of amides is 1. The Morgan fingerprint density at radius 2 is 2.11 bits per heavy atom. The molecule has 1 unspecified atom stereocenters. The van der Waals surface area contributed by atoms with Crippen molar-refractivity contribution in [2.75, 3.05) is 25.7 Å². The number of carbonyl (C=O) groups is 1. The number of anilines is 1. The van der Waals surface area contributed by atoms with Crippen molar-refractivity contribution < 1.29 is 19.0 Å². The Kier molecular flexibility index (Phi) is 5.30. The minimum Gasteiger partial charge on any atom is -0.494 e. The highest BCUT2D eigenvalue weighted by Crippen LogP contribution is 2.24. The molecule has 106 valence electrons. The summed E-state index contributed by atoms with van der Waals surface area (Å²) in [6, 6.07) is 4.32. The Labute approximate surface area is 112 Å². The van der Waals surface area contributed by atoms with Gasteiger partial charge in [-0.25, -0.2) is 4.39 Å². The van der Waals surface area contributed by atoms with Gasteiger partial charge in [0, 0.05) is 18.8 Å². The summed E-state index contributed by atoms with van der Waals surface area (Å²) in [7, 11) is 2.95. The maximum atomic E-state index is 13.6. The average molecular weight is 269 g/mol. The highest BCUT2D eigenvalue weighted by Gasteiger charge is 2.25. The second-order valence-corrected chi connectivity index (χ2v) is 4.75. The number of hydrogen-bond donors (Lipinski definition) is 1. The fourth-order valence-electron chi connectivity index (χ4n) is 1.81. The average Bonchev–Trinajstić information content (AvgIpc) is 2.37. The van der Waals surface area contributed by atoms with Gasteiger partial charge >= 0.3 is 0 Å². The normalized spacial score (nSPS) is 12.4. The Morgan fingerprint density at radius 1 is 1.47 bits per heavy atom. The number of aliphatic hydroxyl groups is 1. The van der Waals surface area contributed by atoms with E-state index in [-0.39, 0.29) is 24.2 Å². The zero-order valence-corrected chi connectivity index (χ0v) is 11.7. The predicted octanol–water partition coefficient (Wildman–Crippen LogP) is 2.06. The molecule has 0 saturated carbocycles. The van der Waals surface area contributed by atoms with Gasteiger partial charge < -0.3 is 14.7 Å². The predicted molar refractivity (Wildman–Crippen MR) is 71.8 cm³/mol. The molecule has 1 rings (SSSR count). The Balaban J connectivity index is 2.96. The molecule has 4 nitrogen and oxygen atoms in total. The van der Waals surface area contributed by atoms with E-state index in [1.54, 1.807) is 13.1 Å². The van der Waals surface area contributed by atoms with Crippen LogP contribution in [0.25, 0.3) is 0 Å². The van der Waals surface area contributed by atoms with Gasteiger partial charge in [-0.05, 0) is 18.1 Å². The quantitative estimate of drug-likeness (QED) is 0.890. The van der Waals surface area contributed by atoms with Crippen LogP contribution < -0.4 is 9.64 Å². The molecule has 0 aliphatic carbocycles. The van der Waals surface area contributed by atoms with E-state index < -0.39 is 11.7 Å². The molecular weight excluding hydrogens is 249 g/mol. The first-order valence-corrected chi connectivity index (χ1v) is 6.14. The van der Waals surface area contributed by atoms with E-state index in [1.165, 1.54) is 24.1 Å². The molecule has 1 atom stereocenters. The topological polar surface area (TPSA) is 49.8 Å². The van der Waals surface area contributed by atoms with Gasteiger partial charge in [0.15, 0.2) is 11.6 Å². The van der Waals surface area contributed by atoms with Crippen LogP contribution in [0.4, 0.5) is 10.1 Å². The Bertz CT molecular complexity index is 448. The molecule has 0 aliphatic heterocycles. The number of benzene rings is 1. The molecule has 0 saturated heterocycles. The summed E-state index contributed by atoms with van der Waals surface area (Å²) in [5.41, 5.74) is 0.433. The first-order valence-electron chi connectivity index (χ1n) is 6.14. The largest absolute Gasteiger partial charge is 0.494 e. The van der Waals surface area contributed by atoms with Crippen molar-refractivity contribution in [3.8, 4) is 5.75 Å². The maximum Gasteiger partial charge on any atom is 0.232 e. The van der Waals surface area contributed by atoms with Crippen LogP contribution in [0.2, 0.25) is 0 Å². The molecule has 5 heteroatoms. The number of halogens is 1. The number of methoxy groups -OCH3 is 1. The molecule has 0 radical (unpaired) electrons. The molecule has 0 heterocycles. The summed E-state index contributed by atoms with van der Waals surface area (Å²) < 4.78 is 18.4. The molecule has 0 fully saturated rings. The van der Waals surface area contributed by atoms with Crippen LogP contribution in [0.5, 0.6) is 5.75 Å². The SMILES string of the molecule is COc1ccc(N(C)C(=O)C(CO)C(C)C)cc1F. The van der Waals surface area contributed by atoms with Crippen LogP contribution >= 0.6 is 0 Å². The molecule has 1 N–H and O–H groups in total. The van der Waals surface area contributed by atoms with Gasteiger partial charge in [0.05, 0.1) is 19.6 Å². The first kappa shape index (κ1) is 15.4. The van der Waals surface area contributed by atoms with E-state index in [2.05, 4.69) is 0 Å². The number of hydrogen-bond acceptors (Lipinski definition) is 3. The Morgan fingerprint density at radius 3 is 2.53 bits per heavy atom. The lowest BCUT2D eigenvalue weighted by Crippen LogP contribution is -2.37. The molecule has 1 aromatic rings. The fraction of sp³-hybridized carbons (Fsp3) is 0.500. The summed E-state index contributed by atoms with van der Waals surface area (Å²) in [5.74, 6) is -1.10. The molecule has 0 aliphatic rings. The molecule has 0 aromatic heterocycles. The maximum absolute atomic E-state index is 13.6. The van der Waals surface area contributed by atoms with Gasteiger partial charge in [-0.15, -0.1) is 0 Å². The number of carbonyl (C=O) groups excluding carboxylic acids is 1. The number of aliphatic hydroxyl groups excluding tert-OH is 1. The van der Waals surface area contributed by atoms with Gasteiger partial charge in [0.25, 0.3) is 0 Å². The molecular formula is C14H20FNO3. The van der Waals surface area contributed by atoms with Crippen LogP contribution in [0.1, 0.15) is 13.8 Å². The van der Waals surface area contributed by atoms with Crippen molar-refractivity contribution in [3.63, 3.8) is 0 Å². The van der Waals surface area contributed by atoms with Crippen molar-refractivity contribution >= 4 is 11.6 Å². The van der Waals surface area contributed by atoms with Gasteiger partial charge in [0.1, 0.15) is 0 Å². The van der Waals surface area contributed by atoms with Gasteiger partial charge in [0.2, 0.25) is 5.91 Å². The van der Waals surface area contributed by atoms with E-state index in [0.29, 0.717) is 5.69 Å². The molecule has 1 aromatic carbocycles. The van der Waals surface area contributed by atoms with Gasteiger partial charge in [-0.2, -0.15) is 0 Å². The zero-order chi connectivity index (χ0) is 14.6. The van der Waals surface area contributed by atoms with Crippen LogP contribution in [-0.2, 0) is 4.79 Å². The van der Waals surface area contributed by atoms with Crippen molar-refractivity contribution in [1.29, 1.82) is 0 Å². The fourth-order valence-corrected chi connectivity index (χ4v) is 1.81. The van der Waals surface area contributed by atoms with E-state index in [1.807, 2.05) is 13.8 Å². The van der Waals surface area contributed by atoms with E-state index in [9.17, 15) is 14.3 Å². The second-order valence-electron chi connectivity index (χ2n) is 4.75. The van der Waals surface area contributed by atoms with Crippen molar-refractivity contribution in [2.24, 2.45) is 11.8 Å². The van der Waals surface area contributed by atoms with Crippen LogP contribution in [-0.4, -0.2) is 31.8 Å². The third-order valence-corrected chi connectivity index (χ3v) is 3.17. The Hall–Kier alpha value is -1.62. The lowest BCUT2D eigenvalue weighted by Gasteiger charge is -2.25. The highest BCUT2D eigenvalue weighted by molar-refractivity contribution is 5.94. The van der Waals surface area contributed by atoms with E-state index in [4.69, 9.17) is 4.74 Å². The van der Waals surface area contributed by atoms with Crippen LogP contribution in [0, 0.1) is 17.7 Å². The first-order chi connectivity index (χ1) is 8.92. The van der Waals surface area contributed by atoms with E-state index >= 15 is 0 Å². The smallest absolute Gasteiger partial charge is 0.232 e. The summed E-state index contributed by atoms with van der Waals surface area (Å²) in [6.45, 7) is 3.50. The van der Waals surface area contributed by atoms with Crippen molar-refractivity contribution in [3.05, 3.63) is 24.0 Å². The summed E-state index contributed by atoms with van der Waals surface area (Å²) in [5, 5.41) is 9.26. The minimum atomic E-state index is -0.523. The van der Waals surface area contributed by atoms with Gasteiger partial charge in [-0.1, -0.05) is 13.8 Å². The number of ether oxygens (including phenoxy) is 1. The summed E-state index contributed by atoms with van der Waals surface area (Å²) in [4.78, 5) is 13.5. The molecule has 0 bridgehead atoms. The van der Waals surface area contributed by atoms with Crippen LogP contribution in [0.3, 0.4) is 0 Å². The number of rotatable bonds is 5. The standard InChI is InChI=1S/C14H20FNO3/c1-9(2)11(8-17)14(18)16(3)10-5-6-13(19-4)12(15)7-10/h5-7,9,11,17H,8H2,1-4H3. The number of nitrogens with zero attached hydrogens (tertiary/aromatic N) is 1. The highest BCUT2D eigenvalue weighted by atomic mass is 19.1. The van der Waals surface area contributed by atoms with Gasteiger partial charge in [-0.3, -0.25) is 4.79 Å². The van der Waals surface area contributed by atoms with Crippen molar-refractivity contribution in [1.82, 2.24) is 0 Å². The zero-order valence-electron chi connectivity index (χ0n) is 11.7. The lowest BCUT2D eigenvalue weighted by atomic mass is 9.95. The molecule has 19 heavy (non-hydrogen) atoms. The van der Waals surface area contributed by atoms with Crippen molar-refractivity contribution in [2.45, 2.75) is 13.8 Å². The monoisotopic (exact) mass is 269 g/mol. The van der Waals surface area contributed by atoms with Crippen LogP contribution in [0.15, 0.2) is 18.2 Å². The minimum absolute atomic E-state index is 0.0167. The summed E-state index contributed by atoms with van der Waals surface area (Å²) in [6.07, 6.45) is 0. The second kappa shape index (κ2) is 6.52. The third kappa shape index (κ3) is 3.44. The lowest BCUT2D eigenvalue weighted by molar-refractivity contribution is -0.124. The van der Waals surface area contributed by atoms with E-state index in [0.717, 1.165) is 0 Å².